The molecule has 0 aliphatic heterocycles. The maximum Gasteiger partial charge on any atom is 0.145 e. The van der Waals surface area contributed by atoms with Crippen molar-refractivity contribution in [2.75, 3.05) is 5.73 Å². The van der Waals surface area contributed by atoms with Gasteiger partial charge in [0.1, 0.15) is 5.82 Å². The van der Waals surface area contributed by atoms with Gasteiger partial charge in [0.05, 0.1) is 5.69 Å². The van der Waals surface area contributed by atoms with Crippen LogP contribution in [0.2, 0.25) is 0 Å². The Morgan fingerprint density at radius 1 is 1.17 bits per heavy atom. The molecule has 4 nitrogen and oxygen atoms in total. The molecule has 2 aromatic heterocycles. The van der Waals surface area contributed by atoms with Gasteiger partial charge >= 0.3 is 0 Å². The van der Waals surface area contributed by atoms with Gasteiger partial charge in [-0.1, -0.05) is 12.1 Å². The van der Waals surface area contributed by atoms with Crippen LogP contribution in [0.4, 0.5) is 5.82 Å². The molecule has 4 heteroatoms. The summed E-state index contributed by atoms with van der Waals surface area (Å²) >= 11 is 0. The van der Waals surface area contributed by atoms with Crippen molar-refractivity contribution < 1.29 is 0 Å². The molecule has 0 amide bonds. The molecule has 0 fully saturated rings. The second kappa shape index (κ2) is 3.63. The highest BCUT2D eigenvalue weighted by atomic mass is 15.2. The third-order valence-electron chi connectivity index (χ3n) is 3.56. The normalized spacial score (nSPS) is 11.3. The Bertz CT molecular complexity index is 734. The lowest BCUT2D eigenvalue weighted by Crippen LogP contribution is -1.82. The topological polar surface area (TPSA) is 70.5 Å². The molecule has 0 unspecified atom stereocenters. The van der Waals surface area contributed by atoms with Crippen LogP contribution in [0.5, 0.6) is 0 Å². The number of nitrogens with zero attached hydrogens (tertiary/aromatic N) is 1. The fourth-order valence-corrected chi connectivity index (χ4v) is 2.45. The van der Waals surface area contributed by atoms with E-state index in [1.54, 1.807) is 0 Å². The second-order valence-electron chi connectivity index (χ2n) is 4.76. The maximum atomic E-state index is 5.68. The third-order valence-corrected chi connectivity index (χ3v) is 3.56. The largest absolute Gasteiger partial charge is 0.382 e. The molecule has 0 aliphatic carbocycles. The van der Waals surface area contributed by atoms with E-state index >= 15 is 0 Å². The molecule has 3 aromatic rings. The van der Waals surface area contributed by atoms with Gasteiger partial charge in [0, 0.05) is 28.2 Å². The zero-order chi connectivity index (χ0) is 12.9. The van der Waals surface area contributed by atoms with Crippen molar-refractivity contribution in [3.05, 3.63) is 35.0 Å². The Hall–Kier alpha value is -2.23. The molecule has 0 saturated heterocycles. The Labute approximate surface area is 105 Å². The zero-order valence-corrected chi connectivity index (χ0v) is 10.8. The number of hydrogen-bond acceptors (Lipinski definition) is 2. The Morgan fingerprint density at radius 3 is 2.61 bits per heavy atom. The molecule has 2 heterocycles. The van der Waals surface area contributed by atoms with Gasteiger partial charge in [0.15, 0.2) is 0 Å². The van der Waals surface area contributed by atoms with Gasteiger partial charge in [-0.25, -0.2) is 0 Å². The average molecular weight is 240 g/mol. The van der Waals surface area contributed by atoms with Crippen LogP contribution in [-0.2, 0) is 0 Å². The summed E-state index contributed by atoms with van der Waals surface area (Å²) in [7, 11) is 0. The quantitative estimate of drug-likeness (QED) is 0.611. The van der Waals surface area contributed by atoms with Gasteiger partial charge in [0.25, 0.3) is 0 Å². The molecule has 92 valence electrons. The molecule has 18 heavy (non-hydrogen) atoms. The number of aromatic nitrogens is 3. The molecule has 4 N–H and O–H groups in total. The number of aromatic amines is 2. The van der Waals surface area contributed by atoms with E-state index in [0.717, 1.165) is 17.0 Å². The van der Waals surface area contributed by atoms with Gasteiger partial charge in [-0.05, 0) is 31.9 Å². The first kappa shape index (κ1) is 10.9. The van der Waals surface area contributed by atoms with Gasteiger partial charge in [-0.15, -0.1) is 0 Å². The van der Waals surface area contributed by atoms with E-state index in [2.05, 4.69) is 48.1 Å². The van der Waals surface area contributed by atoms with Gasteiger partial charge < -0.3 is 10.7 Å². The molecular formula is C14H16N4. The van der Waals surface area contributed by atoms with Crippen molar-refractivity contribution in [1.29, 1.82) is 0 Å². The van der Waals surface area contributed by atoms with Crippen LogP contribution in [0.25, 0.3) is 22.2 Å². The van der Waals surface area contributed by atoms with E-state index in [-0.39, 0.29) is 0 Å². The van der Waals surface area contributed by atoms with E-state index in [1.807, 2.05) is 6.07 Å². The molecule has 0 aliphatic rings. The highest BCUT2D eigenvalue weighted by molar-refractivity contribution is 5.98. The molecule has 0 spiro atoms. The van der Waals surface area contributed by atoms with Gasteiger partial charge in [0.2, 0.25) is 0 Å². The van der Waals surface area contributed by atoms with Gasteiger partial charge in [-0.2, -0.15) is 5.10 Å². The lowest BCUT2D eigenvalue weighted by molar-refractivity contribution is 1.10. The Kier molecular flexibility index (Phi) is 2.20. The van der Waals surface area contributed by atoms with E-state index in [9.17, 15) is 0 Å². The summed E-state index contributed by atoms with van der Waals surface area (Å²) in [6.07, 6.45) is 0. The summed E-state index contributed by atoms with van der Waals surface area (Å²) in [5.74, 6) is 0.516. The average Bonchev–Trinajstić information content (AvgIpc) is 2.87. The first-order valence-electron chi connectivity index (χ1n) is 5.97. The second-order valence-corrected chi connectivity index (χ2v) is 4.76. The smallest absolute Gasteiger partial charge is 0.145 e. The van der Waals surface area contributed by atoms with E-state index < -0.39 is 0 Å². The maximum absolute atomic E-state index is 5.68. The summed E-state index contributed by atoms with van der Waals surface area (Å²) in [6.45, 7) is 6.33. The Balaban J connectivity index is 2.36. The number of nitrogens with one attached hydrogen (secondary N) is 2. The van der Waals surface area contributed by atoms with E-state index in [1.165, 1.54) is 22.0 Å². The minimum Gasteiger partial charge on any atom is -0.382 e. The fourth-order valence-electron chi connectivity index (χ4n) is 2.45. The summed E-state index contributed by atoms with van der Waals surface area (Å²) in [5.41, 5.74) is 12.7. The lowest BCUT2D eigenvalue weighted by atomic mass is 10.0. The molecule has 0 bridgehead atoms. The molecule has 3 rings (SSSR count). The highest BCUT2D eigenvalue weighted by Gasteiger charge is 2.14. The minimum absolute atomic E-state index is 0.516. The van der Waals surface area contributed by atoms with Crippen LogP contribution < -0.4 is 5.73 Å². The van der Waals surface area contributed by atoms with Crippen LogP contribution in [0, 0.1) is 20.8 Å². The number of benzene rings is 1. The summed E-state index contributed by atoms with van der Waals surface area (Å²) in [5, 5.41) is 8.19. The molecule has 0 saturated carbocycles. The summed E-state index contributed by atoms with van der Waals surface area (Å²) in [6, 6.07) is 6.16. The number of H-pyrrole nitrogens is 2. The standard InChI is InChI=1S/C14H16N4/c1-7-4-5-10-13(11-6-12(15)18-17-11)9(3)16-14(10)8(7)2/h4-6,16H,1-3H3,(H3,15,17,18). The van der Waals surface area contributed by atoms with Crippen molar-refractivity contribution in [2.24, 2.45) is 0 Å². The monoisotopic (exact) mass is 240 g/mol. The summed E-state index contributed by atoms with van der Waals surface area (Å²) in [4.78, 5) is 3.46. The van der Waals surface area contributed by atoms with E-state index in [4.69, 9.17) is 5.73 Å². The first-order valence-corrected chi connectivity index (χ1v) is 5.97. The van der Waals surface area contributed by atoms with Crippen LogP contribution in [-0.4, -0.2) is 15.2 Å². The highest BCUT2D eigenvalue weighted by Crippen LogP contribution is 2.33. The van der Waals surface area contributed by atoms with Crippen molar-refractivity contribution in [1.82, 2.24) is 15.2 Å². The SMILES string of the molecule is Cc1ccc2c(-c3cc(N)n[nH]3)c(C)[nH]c2c1C. The minimum atomic E-state index is 0.516. The number of hydrogen-bond donors (Lipinski definition) is 3. The number of nitrogens with two attached hydrogens (primary N) is 1. The van der Waals surface area contributed by atoms with Crippen molar-refractivity contribution >= 4 is 16.7 Å². The molecule has 0 atom stereocenters. The lowest BCUT2D eigenvalue weighted by Gasteiger charge is -2.02. The third kappa shape index (κ3) is 1.42. The van der Waals surface area contributed by atoms with Crippen molar-refractivity contribution in [2.45, 2.75) is 20.8 Å². The van der Waals surface area contributed by atoms with Gasteiger partial charge in [-0.3, -0.25) is 5.10 Å². The fraction of sp³-hybridized carbons (Fsp3) is 0.214. The van der Waals surface area contributed by atoms with Crippen LogP contribution in [0.15, 0.2) is 18.2 Å². The number of rotatable bonds is 1. The van der Waals surface area contributed by atoms with Crippen molar-refractivity contribution in [3.63, 3.8) is 0 Å². The first-order chi connectivity index (χ1) is 8.58. The number of aryl methyl sites for hydroxylation is 3. The number of fused-ring (bicyclic) bond motifs is 1. The summed E-state index contributed by atoms with van der Waals surface area (Å²) < 4.78 is 0. The molecule has 0 radical (unpaired) electrons. The van der Waals surface area contributed by atoms with Crippen molar-refractivity contribution in [3.8, 4) is 11.3 Å². The van der Waals surface area contributed by atoms with Crippen LogP contribution in [0.1, 0.15) is 16.8 Å². The molecular weight excluding hydrogens is 224 g/mol. The number of nitrogen functional groups attached to an aromatic ring is 1. The Morgan fingerprint density at radius 2 is 1.94 bits per heavy atom. The predicted octanol–water partition coefficient (Wildman–Crippen LogP) is 3.07. The van der Waals surface area contributed by atoms with E-state index in [0.29, 0.717) is 5.82 Å². The number of anilines is 1. The van der Waals surface area contributed by atoms with Crippen LogP contribution in [0.3, 0.4) is 0 Å². The predicted molar refractivity (Wildman–Crippen MR) is 74.5 cm³/mol. The zero-order valence-electron chi connectivity index (χ0n) is 10.8. The molecule has 1 aromatic carbocycles. The van der Waals surface area contributed by atoms with Crippen LogP contribution >= 0.6 is 0 Å².